The van der Waals surface area contributed by atoms with Gasteiger partial charge in [-0.25, -0.2) is 0 Å². The molecule has 1 saturated carbocycles. The quantitative estimate of drug-likeness (QED) is 0.745. The first-order valence-corrected chi connectivity index (χ1v) is 5.75. The minimum Gasteiger partial charge on any atom is -0.468 e. The maximum atomic E-state index is 12.0. The van der Waals surface area contributed by atoms with Crippen LogP contribution >= 0.6 is 0 Å². The van der Waals surface area contributed by atoms with E-state index in [0.717, 1.165) is 23.0 Å². The Morgan fingerprint density at radius 1 is 1.47 bits per heavy atom. The number of fused-ring (bicyclic) bond motifs is 1. The Morgan fingerprint density at radius 3 is 2.82 bits per heavy atom. The highest BCUT2D eigenvalue weighted by Gasteiger charge is 2.61. The van der Waals surface area contributed by atoms with Crippen molar-refractivity contribution in [2.24, 2.45) is 5.92 Å². The fourth-order valence-corrected chi connectivity index (χ4v) is 2.70. The Morgan fingerprint density at radius 2 is 2.18 bits per heavy atom. The Balaban J connectivity index is 2.18. The molecule has 2 unspecified atom stereocenters. The second-order valence-corrected chi connectivity index (χ2v) is 4.71. The molecule has 1 fully saturated rings. The van der Waals surface area contributed by atoms with Crippen molar-refractivity contribution in [1.29, 1.82) is 0 Å². The summed E-state index contributed by atoms with van der Waals surface area (Å²) in [7, 11) is 1.44. The minimum atomic E-state index is -0.485. The smallest absolute Gasteiger partial charge is 0.316 e. The molecular weight excluding hydrogens is 216 g/mol. The summed E-state index contributed by atoms with van der Waals surface area (Å²) >= 11 is 0. The molecule has 0 radical (unpaired) electrons. The number of furan rings is 1. The van der Waals surface area contributed by atoms with Gasteiger partial charge in [-0.05, 0) is 18.4 Å². The Labute approximate surface area is 99.4 Å². The first kappa shape index (κ1) is 10.4. The number of carbonyl (C=O) groups excluding carboxylic acids is 1. The summed E-state index contributed by atoms with van der Waals surface area (Å²) in [6, 6.07) is 7.79. The SMILES string of the molecule is COC(=O)C1(c2coc3ccccc23)CC1C. The summed E-state index contributed by atoms with van der Waals surface area (Å²) < 4.78 is 10.5. The van der Waals surface area contributed by atoms with E-state index in [1.807, 2.05) is 24.3 Å². The van der Waals surface area contributed by atoms with Crippen molar-refractivity contribution in [3.8, 4) is 0 Å². The topological polar surface area (TPSA) is 39.4 Å². The van der Waals surface area contributed by atoms with Crippen molar-refractivity contribution in [3.63, 3.8) is 0 Å². The van der Waals surface area contributed by atoms with E-state index in [1.54, 1.807) is 6.26 Å². The maximum absolute atomic E-state index is 12.0. The number of para-hydroxylation sites is 1. The average Bonchev–Trinajstić information content (AvgIpc) is 2.86. The fourth-order valence-electron chi connectivity index (χ4n) is 2.70. The summed E-state index contributed by atoms with van der Waals surface area (Å²) in [6.45, 7) is 2.07. The predicted octanol–water partition coefficient (Wildman–Crippen LogP) is 2.88. The van der Waals surface area contributed by atoms with Crippen LogP contribution in [0.1, 0.15) is 18.9 Å². The van der Waals surface area contributed by atoms with Crippen LogP contribution in [0, 0.1) is 5.92 Å². The molecule has 88 valence electrons. The number of methoxy groups -OCH3 is 1. The van der Waals surface area contributed by atoms with Gasteiger partial charge in [0.25, 0.3) is 0 Å². The lowest BCUT2D eigenvalue weighted by atomic mass is 9.93. The normalized spacial score (nSPS) is 27.1. The van der Waals surface area contributed by atoms with Crippen molar-refractivity contribution in [1.82, 2.24) is 0 Å². The van der Waals surface area contributed by atoms with E-state index in [-0.39, 0.29) is 5.97 Å². The molecule has 0 spiro atoms. The fraction of sp³-hybridized carbons (Fsp3) is 0.357. The van der Waals surface area contributed by atoms with Gasteiger partial charge in [0.1, 0.15) is 5.58 Å². The lowest BCUT2D eigenvalue weighted by Crippen LogP contribution is -2.23. The maximum Gasteiger partial charge on any atom is 0.316 e. The molecule has 0 N–H and O–H groups in total. The van der Waals surface area contributed by atoms with Crippen molar-refractivity contribution in [2.45, 2.75) is 18.8 Å². The van der Waals surface area contributed by atoms with E-state index in [9.17, 15) is 4.79 Å². The molecular formula is C14H14O3. The van der Waals surface area contributed by atoms with E-state index < -0.39 is 5.41 Å². The molecule has 1 heterocycles. The summed E-state index contributed by atoms with van der Waals surface area (Å²) in [4.78, 5) is 12.0. The number of ether oxygens (including phenoxy) is 1. The largest absolute Gasteiger partial charge is 0.468 e. The molecule has 0 saturated heterocycles. The van der Waals surface area contributed by atoms with E-state index in [0.29, 0.717) is 5.92 Å². The van der Waals surface area contributed by atoms with Gasteiger partial charge < -0.3 is 9.15 Å². The van der Waals surface area contributed by atoms with Gasteiger partial charge in [-0.2, -0.15) is 0 Å². The zero-order valence-electron chi connectivity index (χ0n) is 9.90. The third-order valence-electron chi connectivity index (χ3n) is 3.82. The van der Waals surface area contributed by atoms with Gasteiger partial charge in [-0.3, -0.25) is 4.79 Å². The van der Waals surface area contributed by atoms with E-state index in [1.165, 1.54) is 7.11 Å². The van der Waals surface area contributed by atoms with Crippen LogP contribution in [0.3, 0.4) is 0 Å². The van der Waals surface area contributed by atoms with Gasteiger partial charge in [-0.15, -0.1) is 0 Å². The van der Waals surface area contributed by atoms with Crippen molar-refractivity contribution in [2.75, 3.05) is 7.11 Å². The molecule has 1 aliphatic rings. The van der Waals surface area contributed by atoms with Crippen LogP contribution in [0.4, 0.5) is 0 Å². The number of hydrogen-bond donors (Lipinski definition) is 0. The highest BCUT2D eigenvalue weighted by atomic mass is 16.5. The Kier molecular flexibility index (Phi) is 2.05. The van der Waals surface area contributed by atoms with Gasteiger partial charge >= 0.3 is 5.97 Å². The molecule has 1 aromatic heterocycles. The molecule has 2 atom stereocenters. The Hall–Kier alpha value is -1.77. The summed E-state index contributed by atoms with van der Waals surface area (Å²) in [5, 5.41) is 1.02. The van der Waals surface area contributed by atoms with Gasteiger partial charge in [0, 0.05) is 10.9 Å². The number of benzene rings is 1. The monoisotopic (exact) mass is 230 g/mol. The van der Waals surface area contributed by atoms with Gasteiger partial charge in [0.2, 0.25) is 0 Å². The minimum absolute atomic E-state index is 0.156. The van der Waals surface area contributed by atoms with Gasteiger partial charge in [0.15, 0.2) is 0 Å². The van der Waals surface area contributed by atoms with Crippen LogP contribution in [0.25, 0.3) is 11.0 Å². The van der Waals surface area contributed by atoms with Crippen LogP contribution in [-0.2, 0) is 14.9 Å². The number of esters is 1. The molecule has 3 rings (SSSR count). The third kappa shape index (κ3) is 1.25. The molecule has 17 heavy (non-hydrogen) atoms. The molecule has 1 aromatic carbocycles. The van der Waals surface area contributed by atoms with Crippen molar-refractivity contribution < 1.29 is 13.9 Å². The van der Waals surface area contributed by atoms with Crippen molar-refractivity contribution in [3.05, 3.63) is 36.1 Å². The van der Waals surface area contributed by atoms with Gasteiger partial charge in [-0.1, -0.05) is 25.1 Å². The Bertz CT molecular complexity index is 584. The van der Waals surface area contributed by atoms with Crippen LogP contribution in [0.15, 0.2) is 34.9 Å². The average molecular weight is 230 g/mol. The molecule has 2 aromatic rings. The first-order chi connectivity index (χ1) is 8.20. The van der Waals surface area contributed by atoms with E-state index >= 15 is 0 Å². The number of carbonyl (C=O) groups is 1. The highest BCUT2D eigenvalue weighted by molar-refractivity contribution is 5.94. The number of hydrogen-bond acceptors (Lipinski definition) is 3. The highest BCUT2D eigenvalue weighted by Crippen LogP contribution is 2.56. The molecule has 3 nitrogen and oxygen atoms in total. The second-order valence-electron chi connectivity index (χ2n) is 4.71. The molecule has 3 heteroatoms. The molecule has 1 aliphatic carbocycles. The van der Waals surface area contributed by atoms with Crippen molar-refractivity contribution >= 4 is 16.9 Å². The lowest BCUT2D eigenvalue weighted by molar-refractivity contribution is -0.144. The first-order valence-electron chi connectivity index (χ1n) is 5.75. The zero-order valence-corrected chi connectivity index (χ0v) is 9.90. The summed E-state index contributed by atoms with van der Waals surface area (Å²) in [5.41, 5.74) is 1.30. The summed E-state index contributed by atoms with van der Waals surface area (Å²) in [5.74, 6) is 0.160. The predicted molar refractivity (Wildman–Crippen MR) is 63.7 cm³/mol. The second kappa shape index (κ2) is 3.36. The lowest BCUT2D eigenvalue weighted by Gasteiger charge is -2.12. The number of rotatable bonds is 2. The zero-order chi connectivity index (χ0) is 12.0. The van der Waals surface area contributed by atoms with E-state index in [2.05, 4.69) is 6.92 Å². The summed E-state index contributed by atoms with van der Waals surface area (Å²) in [6.07, 6.45) is 2.54. The molecule has 0 amide bonds. The van der Waals surface area contributed by atoms with Crippen LogP contribution < -0.4 is 0 Å². The van der Waals surface area contributed by atoms with Gasteiger partial charge in [0.05, 0.1) is 18.8 Å². The van der Waals surface area contributed by atoms with Crippen LogP contribution in [0.5, 0.6) is 0 Å². The van der Waals surface area contributed by atoms with Crippen LogP contribution in [-0.4, -0.2) is 13.1 Å². The third-order valence-corrected chi connectivity index (χ3v) is 3.82. The van der Waals surface area contributed by atoms with E-state index in [4.69, 9.17) is 9.15 Å². The van der Waals surface area contributed by atoms with Crippen LogP contribution in [0.2, 0.25) is 0 Å². The molecule has 0 aliphatic heterocycles. The standard InChI is InChI=1S/C14H14O3/c1-9-7-14(9,13(15)16-2)11-8-17-12-6-4-3-5-10(11)12/h3-6,8-9H,7H2,1-2H3. The molecule has 0 bridgehead atoms.